The topological polar surface area (TPSA) is 54.4 Å². The average Bonchev–Trinajstić information content (AvgIpc) is 2.04. The van der Waals surface area contributed by atoms with Crippen LogP contribution in [-0.2, 0) is 9.59 Å². The van der Waals surface area contributed by atoms with Crippen LogP contribution in [0.5, 0.6) is 0 Å². The van der Waals surface area contributed by atoms with Gasteiger partial charge < -0.3 is 5.11 Å². The molecule has 0 aliphatic rings. The highest BCUT2D eigenvalue weighted by atomic mass is 16.3. The second-order valence-electron chi connectivity index (χ2n) is 2.00. The zero-order chi connectivity index (χ0) is 9.56. The quantitative estimate of drug-likeness (QED) is 0.506. The average molecular weight is 166 g/mol. The molecular formula is C9H10O3. The van der Waals surface area contributed by atoms with Crippen LogP contribution in [0.25, 0.3) is 0 Å². The van der Waals surface area contributed by atoms with Crippen molar-refractivity contribution in [1.82, 2.24) is 0 Å². The highest BCUT2D eigenvalue weighted by molar-refractivity contribution is 6.09. The van der Waals surface area contributed by atoms with E-state index in [1.165, 1.54) is 12.2 Å². The number of carbonyl (C=O) groups is 2. The van der Waals surface area contributed by atoms with Crippen molar-refractivity contribution in [3.63, 3.8) is 0 Å². The van der Waals surface area contributed by atoms with E-state index in [9.17, 15) is 9.59 Å². The summed E-state index contributed by atoms with van der Waals surface area (Å²) in [7, 11) is 0. The maximum atomic E-state index is 10.8. The van der Waals surface area contributed by atoms with Gasteiger partial charge in [0.25, 0.3) is 0 Å². The molecular weight excluding hydrogens is 156 g/mol. The Labute approximate surface area is 70.7 Å². The van der Waals surface area contributed by atoms with Crippen LogP contribution in [-0.4, -0.2) is 16.7 Å². The summed E-state index contributed by atoms with van der Waals surface area (Å²) in [6.45, 7) is 4.82. The molecule has 0 saturated heterocycles. The first-order valence-corrected chi connectivity index (χ1v) is 3.36. The van der Waals surface area contributed by atoms with Crippen LogP contribution in [0.15, 0.2) is 36.6 Å². The SMILES string of the molecule is C=CC(=O)/C=C(/O)C(=O)/C=C\C. The number of aliphatic hydroxyl groups excluding tert-OH is 1. The molecule has 0 amide bonds. The molecule has 0 aromatic heterocycles. The van der Waals surface area contributed by atoms with E-state index in [2.05, 4.69) is 6.58 Å². The Bertz CT molecular complexity index is 259. The van der Waals surface area contributed by atoms with Gasteiger partial charge in [-0.2, -0.15) is 0 Å². The van der Waals surface area contributed by atoms with E-state index in [4.69, 9.17) is 5.11 Å². The molecule has 0 unspecified atom stereocenters. The number of allylic oxidation sites excluding steroid dienone is 4. The lowest BCUT2D eigenvalue weighted by molar-refractivity contribution is -0.115. The number of carbonyl (C=O) groups excluding carboxylic acids is 2. The van der Waals surface area contributed by atoms with Crippen molar-refractivity contribution in [1.29, 1.82) is 0 Å². The normalized spacial score (nSPS) is 11.6. The van der Waals surface area contributed by atoms with Crippen molar-refractivity contribution in [3.05, 3.63) is 36.6 Å². The number of ketones is 2. The van der Waals surface area contributed by atoms with Crippen LogP contribution < -0.4 is 0 Å². The van der Waals surface area contributed by atoms with Gasteiger partial charge in [-0.25, -0.2) is 0 Å². The second-order valence-corrected chi connectivity index (χ2v) is 2.00. The number of hydrogen-bond acceptors (Lipinski definition) is 3. The molecule has 1 N–H and O–H groups in total. The Balaban J connectivity index is 4.47. The molecule has 0 fully saturated rings. The van der Waals surface area contributed by atoms with Crippen molar-refractivity contribution in [2.75, 3.05) is 0 Å². The molecule has 3 heteroatoms. The van der Waals surface area contributed by atoms with Crippen molar-refractivity contribution in [3.8, 4) is 0 Å². The van der Waals surface area contributed by atoms with E-state index >= 15 is 0 Å². The van der Waals surface area contributed by atoms with E-state index < -0.39 is 17.3 Å². The predicted molar refractivity (Wildman–Crippen MR) is 45.7 cm³/mol. The number of aliphatic hydroxyl groups is 1. The summed E-state index contributed by atoms with van der Waals surface area (Å²) in [5, 5.41) is 8.94. The predicted octanol–water partition coefficient (Wildman–Crippen LogP) is 1.33. The Morgan fingerprint density at radius 2 is 2.00 bits per heavy atom. The Hall–Kier alpha value is -1.64. The zero-order valence-corrected chi connectivity index (χ0v) is 6.78. The molecule has 12 heavy (non-hydrogen) atoms. The van der Waals surface area contributed by atoms with Gasteiger partial charge in [-0.3, -0.25) is 9.59 Å². The standard InChI is InChI=1S/C9H10O3/c1-3-5-8(11)9(12)6-7(10)4-2/h3-6,12H,2H2,1H3/b5-3-,9-6+. The fourth-order valence-corrected chi connectivity index (χ4v) is 0.502. The first kappa shape index (κ1) is 10.4. The third-order valence-corrected chi connectivity index (χ3v) is 1.05. The molecule has 0 saturated carbocycles. The van der Waals surface area contributed by atoms with Crippen LogP contribution >= 0.6 is 0 Å². The molecule has 0 spiro atoms. The molecule has 0 aromatic carbocycles. The van der Waals surface area contributed by atoms with Crippen molar-refractivity contribution in [2.45, 2.75) is 6.92 Å². The van der Waals surface area contributed by atoms with Crippen LogP contribution in [0, 0.1) is 0 Å². The van der Waals surface area contributed by atoms with Gasteiger partial charge in [0.05, 0.1) is 0 Å². The van der Waals surface area contributed by atoms with E-state index in [0.29, 0.717) is 0 Å². The summed E-state index contributed by atoms with van der Waals surface area (Å²) in [4.78, 5) is 21.4. The maximum Gasteiger partial charge on any atom is 0.219 e. The van der Waals surface area contributed by atoms with Crippen molar-refractivity contribution < 1.29 is 14.7 Å². The molecule has 3 nitrogen and oxygen atoms in total. The van der Waals surface area contributed by atoms with Crippen LogP contribution in [0.2, 0.25) is 0 Å². The third-order valence-electron chi connectivity index (χ3n) is 1.05. The minimum absolute atomic E-state index is 0.495. The monoisotopic (exact) mass is 166 g/mol. The van der Waals surface area contributed by atoms with E-state index in [-0.39, 0.29) is 0 Å². The van der Waals surface area contributed by atoms with Gasteiger partial charge in [0, 0.05) is 6.08 Å². The van der Waals surface area contributed by atoms with Crippen LogP contribution in [0.1, 0.15) is 6.92 Å². The number of rotatable bonds is 4. The summed E-state index contributed by atoms with van der Waals surface area (Å²) in [6, 6.07) is 0. The fraction of sp³-hybridized carbons (Fsp3) is 0.111. The smallest absolute Gasteiger partial charge is 0.219 e. The zero-order valence-electron chi connectivity index (χ0n) is 6.78. The molecule has 0 aliphatic carbocycles. The largest absolute Gasteiger partial charge is 0.504 e. The van der Waals surface area contributed by atoms with Gasteiger partial charge in [-0.1, -0.05) is 12.7 Å². The van der Waals surface area contributed by atoms with Crippen molar-refractivity contribution in [2.24, 2.45) is 0 Å². The molecule has 0 bridgehead atoms. The summed E-state index contributed by atoms with van der Waals surface area (Å²) in [6.07, 6.45) is 4.49. The van der Waals surface area contributed by atoms with Gasteiger partial charge in [0.2, 0.25) is 5.78 Å². The van der Waals surface area contributed by atoms with Gasteiger partial charge >= 0.3 is 0 Å². The summed E-state index contributed by atoms with van der Waals surface area (Å²) in [5.74, 6) is -1.66. The fourth-order valence-electron chi connectivity index (χ4n) is 0.502. The van der Waals surface area contributed by atoms with Gasteiger partial charge in [0.1, 0.15) is 0 Å². The molecule has 0 rings (SSSR count). The molecule has 64 valence electrons. The minimum Gasteiger partial charge on any atom is -0.504 e. The van der Waals surface area contributed by atoms with Crippen LogP contribution in [0.3, 0.4) is 0 Å². The summed E-state index contributed by atoms with van der Waals surface area (Å²) >= 11 is 0. The summed E-state index contributed by atoms with van der Waals surface area (Å²) < 4.78 is 0. The lowest BCUT2D eigenvalue weighted by Crippen LogP contribution is -2.00. The minimum atomic E-state index is -0.590. The first-order chi connectivity index (χ1) is 5.61. The Morgan fingerprint density at radius 1 is 1.42 bits per heavy atom. The second kappa shape index (κ2) is 5.07. The van der Waals surface area contributed by atoms with Gasteiger partial charge in [0.15, 0.2) is 11.5 Å². The molecule has 0 atom stereocenters. The van der Waals surface area contributed by atoms with E-state index in [1.54, 1.807) is 6.92 Å². The van der Waals surface area contributed by atoms with Gasteiger partial charge in [-0.15, -0.1) is 0 Å². The highest BCUT2D eigenvalue weighted by Gasteiger charge is 2.03. The number of hydrogen-bond donors (Lipinski definition) is 1. The van der Waals surface area contributed by atoms with Gasteiger partial charge in [-0.05, 0) is 19.1 Å². The molecule has 0 heterocycles. The van der Waals surface area contributed by atoms with E-state index in [1.807, 2.05) is 0 Å². The first-order valence-electron chi connectivity index (χ1n) is 3.36. The van der Waals surface area contributed by atoms with E-state index in [0.717, 1.165) is 12.2 Å². The Kier molecular flexibility index (Phi) is 4.38. The maximum absolute atomic E-state index is 10.8. The lowest BCUT2D eigenvalue weighted by Gasteiger charge is -1.90. The highest BCUT2D eigenvalue weighted by Crippen LogP contribution is 1.93. The third kappa shape index (κ3) is 3.51. The molecule has 0 aliphatic heterocycles. The Morgan fingerprint density at radius 3 is 2.42 bits per heavy atom. The summed E-state index contributed by atoms with van der Waals surface area (Å²) in [5.41, 5.74) is 0. The lowest BCUT2D eigenvalue weighted by atomic mass is 10.2. The molecule has 0 aromatic rings. The van der Waals surface area contributed by atoms with Crippen LogP contribution in [0.4, 0.5) is 0 Å². The molecule has 0 radical (unpaired) electrons. The van der Waals surface area contributed by atoms with Crippen molar-refractivity contribution >= 4 is 11.6 Å².